The van der Waals surface area contributed by atoms with E-state index in [0.29, 0.717) is 17.9 Å². The molecular weight excluding hydrogens is 373 g/mol. The van der Waals surface area contributed by atoms with Gasteiger partial charge in [-0.25, -0.2) is 9.37 Å². The predicted molar refractivity (Wildman–Crippen MR) is 93.7 cm³/mol. The Bertz CT molecular complexity index is 845. The van der Waals surface area contributed by atoms with E-state index < -0.39 is 0 Å². The zero-order valence-electron chi connectivity index (χ0n) is 12.7. The van der Waals surface area contributed by atoms with E-state index in [1.807, 2.05) is 24.3 Å². The van der Waals surface area contributed by atoms with E-state index in [9.17, 15) is 9.18 Å². The van der Waals surface area contributed by atoms with Gasteiger partial charge in [-0.2, -0.15) is 0 Å². The Morgan fingerprint density at radius 2 is 1.92 bits per heavy atom. The first-order valence-electron chi connectivity index (χ1n) is 7.45. The minimum absolute atomic E-state index is 0.219. The number of nitrogens with zero attached hydrogens (tertiary/aromatic N) is 2. The highest BCUT2D eigenvalue weighted by atomic mass is 79.9. The maximum absolute atomic E-state index is 13.0. The van der Waals surface area contributed by atoms with E-state index in [0.717, 1.165) is 16.5 Å². The van der Waals surface area contributed by atoms with Crippen LogP contribution in [0.5, 0.6) is 0 Å². The Balaban J connectivity index is 1.67. The van der Waals surface area contributed by atoms with Gasteiger partial charge in [0.15, 0.2) is 0 Å². The first-order chi connectivity index (χ1) is 11.6. The molecule has 0 spiro atoms. The summed E-state index contributed by atoms with van der Waals surface area (Å²) in [5.74, 6) is -0.540. The van der Waals surface area contributed by atoms with Crippen molar-refractivity contribution in [2.45, 2.75) is 6.42 Å². The van der Waals surface area contributed by atoms with Crippen molar-refractivity contribution in [2.75, 3.05) is 6.54 Å². The summed E-state index contributed by atoms with van der Waals surface area (Å²) in [6.07, 6.45) is 3.75. The zero-order chi connectivity index (χ0) is 16.9. The smallest absolute Gasteiger partial charge is 0.269 e. The van der Waals surface area contributed by atoms with Crippen LogP contribution in [0.3, 0.4) is 0 Å². The molecule has 1 N–H and O–H groups in total. The molecule has 0 fully saturated rings. The van der Waals surface area contributed by atoms with Crippen molar-refractivity contribution in [2.24, 2.45) is 0 Å². The quantitative estimate of drug-likeness (QED) is 0.724. The molecule has 0 bridgehead atoms. The van der Waals surface area contributed by atoms with Crippen LogP contribution in [-0.2, 0) is 6.42 Å². The van der Waals surface area contributed by atoms with Gasteiger partial charge in [-0.15, -0.1) is 0 Å². The molecule has 1 amide bonds. The molecule has 3 aromatic rings. The fourth-order valence-electron chi connectivity index (χ4n) is 2.37. The van der Waals surface area contributed by atoms with Gasteiger partial charge in [0.05, 0.1) is 12.5 Å². The van der Waals surface area contributed by atoms with Crippen molar-refractivity contribution in [3.63, 3.8) is 0 Å². The lowest BCUT2D eigenvalue weighted by Gasteiger charge is -2.09. The highest BCUT2D eigenvalue weighted by Crippen LogP contribution is 2.16. The van der Waals surface area contributed by atoms with Gasteiger partial charge in [0, 0.05) is 16.7 Å². The molecule has 0 aliphatic carbocycles. The van der Waals surface area contributed by atoms with Gasteiger partial charge in [-0.05, 0) is 42.3 Å². The standard InChI is InChI=1S/C18H15BrFN3O/c19-16-4-2-1-3-13(16)9-10-22-18(24)17-11-21-12-23(17)15-7-5-14(20)6-8-15/h1-8,11-12H,9-10H2,(H,22,24). The van der Waals surface area contributed by atoms with E-state index in [2.05, 4.69) is 26.2 Å². The van der Waals surface area contributed by atoms with Crippen molar-refractivity contribution in [3.05, 3.63) is 82.6 Å². The number of carbonyl (C=O) groups excluding carboxylic acids is 1. The second kappa shape index (κ2) is 7.40. The number of halogens is 2. The van der Waals surface area contributed by atoms with Gasteiger partial charge >= 0.3 is 0 Å². The number of hydrogen-bond donors (Lipinski definition) is 1. The lowest BCUT2D eigenvalue weighted by atomic mass is 10.1. The molecule has 1 aromatic heterocycles. The van der Waals surface area contributed by atoms with Crippen molar-refractivity contribution < 1.29 is 9.18 Å². The molecule has 0 aliphatic rings. The second-order valence-corrected chi connectivity index (χ2v) is 6.08. The average Bonchev–Trinajstić information content (AvgIpc) is 3.07. The molecule has 0 unspecified atom stereocenters. The molecule has 6 heteroatoms. The van der Waals surface area contributed by atoms with Crippen molar-refractivity contribution in [1.82, 2.24) is 14.9 Å². The van der Waals surface area contributed by atoms with Gasteiger partial charge < -0.3 is 5.32 Å². The zero-order valence-corrected chi connectivity index (χ0v) is 14.3. The van der Waals surface area contributed by atoms with Crippen LogP contribution < -0.4 is 5.32 Å². The summed E-state index contributed by atoms with van der Waals surface area (Å²) in [6.45, 7) is 0.510. The fourth-order valence-corrected chi connectivity index (χ4v) is 2.86. The Kier molecular flexibility index (Phi) is 5.05. The van der Waals surface area contributed by atoms with E-state index in [-0.39, 0.29) is 11.7 Å². The van der Waals surface area contributed by atoms with Crippen LogP contribution in [0, 0.1) is 5.82 Å². The van der Waals surface area contributed by atoms with Crippen LogP contribution in [0.15, 0.2) is 65.5 Å². The SMILES string of the molecule is O=C(NCCc1ccccc1Br)c1cncn1-c1ccc(F)cc1. The third-order valence-electron chi connectivity index (χ3n) is 3.61. The topological polar surface area (TPSA) is 46.9 Å². The third-order valence-corrected chi connectivity index (χ3v) is 4.39. The predicted octanol–water partition coefficient (Wildman–Crippen LogP) is 3.75. The first-order valence-corrected chi connectivity index (χ1v) is 8.24. The number of carbonyl (C=O) groups is 1. The Labute approximate surface area is 147 Å². The van der Waals surface area contributed by atoms with Gasteiger partial charge in [0.1, 0.15) is 11.5 Å². The number of imidazole rings is 1. The van der Waals surface area contributed by atoms with Crippen LogP contribution in [0.4, 0.5) is 4.39 Å². The molecule has 1 heterocycles. The van der Waals surface area contributed by atoms with E-state index in [4.69, 9.17) is 0 Å². The number of nitrogens with one attached hydrogen (secondary N) is 1. The molecule has 2 aromatic carbocycles. The van der Waals surface area contributed by atoms with Crippen molar-refractivity contribution in [1.29, 1.82) is 0 Å². The fraction of sp³-hybridized carbons (Fsp3) is 0.111. The minimum Gasteiger partial charge on any atom is -0.350 e. The third kappa shape index (κ3) is 3.71. The summed E-state index contributed by atoms with van der Waals surface area (Å²) in [4.78, 5) is 16.4. The molecule has 24 heavy (non-hydrogen) atoms. The van der Waals surface area contributed by atoms with Crippen molar-refractivity contribution >= 4 is 21.8 Å². The molecular formula is C18H15BrFN3O. The number of hydrogen-bond acceptors (Lipinski definition) is 2. The average molecular weight is 388 g/mol. The highest BCUT2D eigenvalue weighted by Gasteiger charge is 2.13. The minimum atomic E-state index is -0.321. The summed E-state index contributed by atoms with van der Waals surface area (Å²) in [5, 5.41) is 2.89. The first kappa shape index (κ1) is 16.4. The van der Waals surface area contributed by atoms with Crippen LogP contribution in [-0.4, -0.2) is 22.0 Å². The Morgan fingerprint density at radius 1 is 1.17 bits per heavy atom. The van der Waals surface area contributed by atoms with Crippen LogP contribution >= 0.6 is 15.9 Å². The molecule has 0 atom stereocenters. The largest absolute Gasteiger partial charge is 0.350 e. The van der Waals surface area contributed by atoms with E-state index in [1.54, 1.807) is 16.7 Å². The lowest BCUT2D eigenvalue weighted by molar-refractivity contribution is 0.0947. The van der Waals surface area contributed by atoms with Gasteiger partial charge in [-0.3, -0.25) is 9.36 Å². The number of aromatic nitrogens is 2. The highest BCUT2D eigenvalue weighted by molar-refractivity contribution is 9.10. The maximum Gasteiger partial charge on any atom is 0.269 e. The van der Waals surface area contributed by atoms with Crippen LogP contribution in [0.2, 0.25) is 0 Å². The van der Waals surface area contributed by atoms with E-state index >= 15 is 0 Å². The van der Waals surface area contributed by atoms with E-state index in [1.165, 1.54) is 24.7 Å². The lowest BCUT2D eigenvalue weighted by Crippen LogP contribution is -2.27. The van der Waals surface area contributed by atoms with Crippen LogP contribution in [0.1, 0.15) is 16.1 Å². The molecule has 0 radical (unpaired) electrons. The van der Waals surface area contributed by atoms with Crippen LogP contribution in [0.25, 0.3) is 5.69 Å². The molecule has 4 nitrogen and oxygen atoms in total. The summed E-state index contributed by atoms with van der Waals surface area (Å²) >= 11 is 3.49. The summed E-state index contributed by atoms with van der Waals surface area (Å²) in [6, 6.07) is 13.8. The van der Waals surface area contributed by atoms with Gasteiger partial charge in [0.25, 0.3) is 5.91 Å². The normalized spacial score (nSPS) is 10.6. The molecule has 0 aliphatic heterocycles. The van der Waals surface area contributed by atoms with Gasteiger partial charge in [-0.1, -0.05) is 34.1 Å². The second-order valence-electron chi connectivity index (χ2n) is 5.22. The summed E-state index contributed by atoms with van der Waals surface area (Å²) in [5.41, 5.74) is 2.23. The monoisotopic (exact) mass is 387 g/mol. The van der Waals surface area contributed by atoms with Gasteiger partial charge in [0.2, 0.25) is 0 Å². The number of amides is 1. The molecule has 122 valence electrons. The molecule has 0 saturated heterocycles. The molecule has 0 saturated carbocycles. The summed E-state index contributed by atoms with van der Waals surface area (Å²) in [7, 11) is 0. The van der Waals surface area contributed by atoms with Crippen molar-refractivity contribution in [3.8, 4) is 5.69 Å². The summed E-state index contributed by atoms with van der Waals surface area (Å²) < 4.78 is 15.7. The Hall–Kier alpha value is -2.47. The Morgan fingerprint density at radius 3 is 2.67 bits per heavy atom. The maximum atomic E-state index is 13.0. The number of rotatable bonds is 5. The molecule has 3 rings (SSSR count). The number of benzene rings is 2.